The summed E-state index contributed by atoms with van der Waals surface area (Å²) in [5.74, 6) is -0.621. The van der Waals surface area contributed by atoms with Crippen molar-refractivity contribution < 1.29 is 9.59 Å². The van der Waals surface area contributed by atoms with Gasteiger partial charge in [-0.3, -0.25) is 24.6 Å². The standard InChI is InChI=1S/C14H11N5O2/c20-13-10-5-16-12-9(6-17-18-12)11(10)14(21)19(13)7-8-3-1-2-4-15-8/h2,4-6H,1,3,7H2,(H,16,17,18). The number of fused-ring (bicyclic) bond motifs is 3. The number of pyridine rings is 1. The number of nitrogens with one attached hydrogen (secondary N) is 1. The first-order valence-corrected chi connectivity index (χ1v) is 6.64. The average Bonchev–Trinajstić information content (AvgIpc) is 3.07. The molecule has 0 saturated heterocycles. The molecule has 7 heteroatoms. The normalized spacial score (nSPS) is 17.5. The van der Waals surface area contributed by atoms with Crippen molar-refractivity contribution in [2.24, 2.45) is 4.99 Å². The highest BCUT2D eigenvalue weighted by atomic mass is 16.2. The summed E-state index contributed by atoms with van der Waals surface area (Å²) in [6.07, 6.45) is 8.28. The number of hydrogen-bond acceptors (Lipinski definition) is 5. The van der Waals surface area contributed by atoms with E-state index in [0.29, 0.717) is 22.2 Å². The molecule has 7 nitrogen and oxygen atoms in total. The van der Waals surface area contributed by atoms with E-state index in [0.717, 1.165) is 18.6 Å². The molecule has 21 heavy (non-hydrogen) atoms. The van der Waals surface area contributed by atoms with Gasteiger partial charge in [-0.1, -0.05) is 6.08 Å². The zero-order valence-electron chi connectivity index (χ0n) is 11.0. The van der Waals surface area contributed by atoms with Crippen LogP contribution in [0.5, 0.6) is 0 Å². The van der Waals surface area contributed by atoms with Crippen molar-refractivity contribution in [3.05, 3.63) is 35.8 Å². The van der Waals surface area contributed by atoms with Crippen LogP contribution in [0.15, 0.2) is 29.7 Å². The summed E-state index contributed by atoms with van der Waals surface area (Å²) in [5, 5.41) is 7.16. The molecule has 0 saturated carbocycles. The molecule has 2 amide bonds. The minimum absolute atomic E-state index is 0.232. The molecule has 2 aromatic rings. The maximum Gasteiger partial charge on any atom is 0.263 e. The summed E-state index contributed by atoms with van der Waals surface area (Å²) in [6, 6.07) is 0. The molecule has 0 unspecified atom stereocenters. The van der Waals surface area contributed by atoms with E-state index in [-0.39, 0.29) is 18.4 Å². The zero-order chi connectivity index (χ0) is 14.4. The van der Waals surface area contributed by atoms with Gasteiger partial charge < -0.3 is 0 Å². The van der Waals surface area contributed by atoms with Crippen molar-refractivity contribution in [2.45, 2.75) is 12.8 Å². The zero-order valence-corrected chi connectivity index (χ0v) is 11.0. The van der Waals surface area contributed by atoms with Crippen molar-refractivity contribution in [1.82, 2.24) is 20.1 Å². The molecule has 0 spiro atoms. The van der Waals surface area contributed by atoms with Gasteiger partial charge >= 0.3 is 0 Å². The van der Waals surface area contributed by atoms with Gasteiger partial charge in [-0.15, -0.1) is 0 Å². The fourth-order valence-corrected chi connectivity index (χ4v) is 2.66. The molecule has 104 valence electrons. The molecule has 4 rings (SSSR count). The van der Waals surface area contributed by atoms with Crippen LogP contribution in [-0.4, -0.2) is 44.2 Å². The van der Waals surface area contributed by atoms with Crippen molar-refractivity contribution >= 4 is 28.6 Å². The van der Waals surface area contributed by atoms with E-state index in [2.05, 4.69) is 20.2 Å². The van der Waals surface area contributed by atoms with Crippen LogP contribution in [0.25, 0.3) is 11.0 Å². The minimum Gasteiger partial charge on any atom is -0.269 e. The molecule has 2 aliphatic rings. The summed E-state index contributed by atoms with van der Waals surface area (Å²) >= 11 is 0. The second-order valence-electron chi connectivity index (χ2n) is 4.99. The van der Waals surface area contributed by atoms with Crippen LogP contribution < -0.4 is 0 Å². The number of aliphatic imine (C=N–C) groups is 1. The highest BCUT2D eigenvalue weighted by molar-refractivity contribution is 6.26. The number of amides is 2. The molecule has 4 heterocycles. The fourth-order valence-electron chi connectivity index (χ4n) is 2.66. The quantitative estimate of drug-likeness (QED) is 0.840. The number of hydrogen-bond donors (Lipinski definition) is 1. The molecular formula is C14H11N5O2. The average molecular weight is 281 g/mol. The first-order valence-electron chi connectivity index (χ1n) is 6.64. The second-order valence-corrected chi connectivity index (χ2v) is 4.99. The van der Waals surface area contributed by atoms with Crippen LogP contribution in [0.1, 0.15) is 33.6 Å². The number of H-pyrrole nitrogens is 1. The number of imide groups is 1. The maximum atomic E-state index is 12.6. The molecular weight excluding hydrogens is 270 g/mol. The third kappa shape index (κ3) is 1.70. The van der Waals surface area contributed by atoms with E-state index in [9.17, 15) is 9.59 Å². The Hall–Kier alpha value is -2.83. The Labute approximate surface area is 119 Å². The lowest BCUT2D eigenvalue weighted by atomic mass is 10.1. The number of nitrogens with zero attached hydrogens (tertiary/aromatic N) is 4. The molecule has 2 aromatic heterocycles. The number of allylic oxidation sites excluding steroid dienone is 1. The van der Waals surface area contributed by atoms with E-state index < -0.39 is 0 Å². The molecule has 1 N–H and O–H groups in total. The Bertz CT molecular complexity index is 833. The Morgan fingerprint density at radius 2 is 2.14 bits per heavy atom. The van der Waals surface area contributed by atoms with Crippen LogP contribution >= 0.6 is 0 Å². The molecule has 0 radical (unpaired) electrons. The van der Waals surface area contributed by atoms with Crippen molar-refractivity contribution in [3.63, 3.8) is 0 Å². The first-order chi connectivity index (χ1) is 10.3. The summed E-state index contributed by atoms with van der Waals surface area (Å²) in [5.41, 5.74) is 2.06. The lowest BCUT2D eigenvalue weighted by Gasteiger charge is -2.16. The van der Waals surface area contributed by atoms with Crippen LogP contribution in [0.2, 0.25) is 0 Å². The second kappa shape index (κ2) is 4.34. The molecule has 0 aromatic carbocycles. The molecule has 2 aliphatic heterocycles. The summed E-state index contributed by atoms with van der Waals surface area (Å²) in [4.78, 5) is 34.5. The fraction of sp³-hybridized carbons (Fsp3) is 0.214. The topological polar surface area (TPSA) is 91.3 Å². The number of aromatic amines is 1. The SMILES string of the molecule is O=C1c2cnc3[nH]ncc3c2C(=O)N1CC1=NC=CCC1. The summed E-state index contributed by atoms with van der Waals surface area (Å²) < 4.78 is 0. The summed E-state index contributed by atoms with van der Waals surface area (Å²) in [6.45, 7) is 0.232. The van der Waals surface area contributed by atoms with Gasteiger partial charge in [0.15, 0.2) is 5.65 Å². The van der Waals surface area contributed by atoms with Gasteiger partial charge in [0.25, 0.3) is 11.8 Å². The number of carbonyl (C=O) groups excluding carboxylic acids is 2. The first kappa shape index (κ1) is 12.0. The van der Waals surface area contributed by atoms with Gasteiger partial charge in [-0.2, -0.15) is 5.10 Å². The minimum atomic E-state index is -0.317. The largest absolute Gasteiger partial charge is 0.269 e. The highest BCUT2D eigenvalue weighted by Gasteiger charge is 2.38. The van der Waals surface area contributed by atoms with Crippen LogP contribution in [-0.2, 0) is 0 Å². The monoisotopic (exact) mass is 281 g/mol. The third-order valence-corrected chi connectivity index (χ3v) is 3.72. The molecule has 0 fully saturated rings. The van der Waals surface area contributed by atoms with Crippen LogP contribution in [0.4, 0.5) is 0 Å². The predicted octanol–water partition coefficient (Wildman–Crippen LogP) is 1.30. The van der Waals surface area contributed by atoms with Gasteiger partial charge in [0.05, 0.1) is 29.3 Å². The maximum absolute atomic E-state index is 12.6. The highest BCUT2D eigenvalue weighted by Crippen LogP contribution is 2.28. The molecule has 0 bridgehead atoms. The van der Waals surface area contributed by atoms with Crippen LogP contribution in [0.3, 0.4) is 0 Å². The van der Waals surface area contributed by atoms with Gasteiger partial charge in [-0.25, -0.2) is 4.98 Å². The lowest BCUT2D eigenvalue weighted by molar-refractivity contribution is 0.0677. The van der Waals surface area contributed by atoms with E-state index >= 15 is 0 Å². The van der Waals surface area contributed by atoms with E-state index in [4.69, 9.17) is 0 Å². The molecule has 0 atom stereocenters. The number of aromatic nitrogens is 3. The Kier molecular flexibility index (Phi) is 2.47. The Morgan fingerprint density at radius 1 is 1.24 bits per heavy atom. The van der Waals surface area contributed by atoms with E-state index in [1.165, 1.54) is 17.3 Å². The lowest BCUT2D eigenvalue weighted by Crippen LogP contribution is -2.35. The third-order valence-electron chi connectivity index (χ3n) is 3.72. The summed E-state index contributed by atoms with van der Waals surface area (Å²) in [7, 11) is 0. The van der Waals surface area contributed by atoms with Gasteiger partial charge in [0.2, 0.25) is 0 Å². The predicted molar refractivity (Wildman–Crippen MR) is 75.1 cm³/mol. The van der Waals surface area contributed by atoms with Crippen molar-refractivity contribution in [3.8, 4) is 0 Å². The molecule has 0 aliphatic carbocycles. The Morgan fingerprint density at radius 3 is 2.95 bits per heavy atom. The van der Waals surface area contributed by atoms with Crippen molar-refractivity contribution in [1.29, 1.82) is 0 Å². The van der Waals surface area contributed by atoms with Gasteiger partial charge in [-0.05, 0) is 12.8 Å². The van der Waals surface area contributed by atoms with Crippen LogP contribution in [0, 0.1) is 0 Å². The van der Waals surface area contributed by atoms with Gasteiger partial charge in [0.1, 0.15) is 0 Å². The smallest absolute Gasteiger partial charge is 0.263 e. The Balaban J connectivity index is 1.76. The number of carbonyl (C=O) groups is 2. The van der Waals surface area contributed by atoms with E-state index in [1.807, 2.05) is 6.08 Å². The van der Waals surface area contributed by atoms with E-state index in [1.54, 1.807) is 6.20 Å². The van der Waals surface area contributed by atoms with Crippen molar-refractivity contribution in [2.75, 3.05) is 6.54 Å². The van der Waals surface area contributed by atoms with Gasteiger partial charge in [0, 0.05) is 18.1 Å². The number of rotatable bonds is 2.